The van der Waals surface area contributed by atoms with E-state index >= 15 is 0 Å². The fourth-order valence-corrected chi connectivity index (χ4v) is 3.33. The summed E-state index contributed by atoms with van der Waals surface area (Å²) in [4.78, 5) is 11.9. The number of hydrogen-bond donors (Lipinski definition) is 0. The van der Waals surface area contributed by atoms with Crippen LogP contribution >= 0.6 is 15.9 Å². The number of fused-ring (bicyclic) bond motifs is 4. The summed E-state index contributed by atoms with van der Waals surface area (Å²) in [6, 6.07) is 14.4. The first kappa shape index (κ1) is 14.6. The summed E-state index contributed by atoms with van der Waals surface area (Å²) < 4.78 is 3.31. The molecule has 4 rings (SSSR count). The summed E-state index contributed by atoms with van der Waals surface area (Å²) in [5, 5.41) is 1.08. The zero-order chi connectivity index (χ0) is 16.1. The highest BCUT2D eigenvalue weighted by Gasteiger charge is 2.23. The molecule has 2 heterocycles. The minimum atomic E-state index is 0.179. The van der Waals surface area contributed by atoms with Gasteiger partial charge in [0.1, 0.15) is 5.69 Å². The van der Waals surface area contributed by atoms with Crippen LogP contribution in [-0.4, -0.2) is 33.5 Å². The molecule has 1 unspecified atom stereocenters. The van der Waals surface area contributed by atoms with Gasteiger partial charge in [0.2, 0.25) is 0 Å². The van der Waals surface area contributed by atoms with Gasteiger partial charge in [-0.15, -0.1) is 0 Å². The Morgan fingerprint density at radius 1 is 1.04 bits per heavy atom. The van der Waals surface area contributed by atoms with Crippen molar-refractivity contribution in [3.63, 3.8) is 0 Å². The molecule has 0 bridgehead atoms. The van der Waals surface area contributed by atoms with E-state index in [1.165, 1.54) is 0 Å². The van der Waals surface area contributed by atoms with Crippen LogP contribution in [0.1, 0.15) is 13.1 Å². The van der Waals surface area contributed by atoms with Crippen LogP contribution < -0.4 is 0 Å². The van der Waals surface area contributed by atoms with Gasteiger partial charge in [-0.2, -0.15) is 0 Å². The molecule has 0 spiro atoms. The van der Waals surface area contributed by atoms with Crippen molar-refractivity contribution in [3.05, 3.63) is 46.9 Å². The van der Waals surface area contributed by atoms with E-state index in [0.717, 1.165) is 37.9 Å². The van der Waals surface area contributed by atoms with Crippen LogP contribution in [0.3, 0.4) is 0 Å². The summed E-state index contributed by atoms with van der Waals surface area (Å²) in [6.45, 7) is 2.18. The number of rotatable bonds is 2. The van der Waals surface area contributed by atoms with E-state index < -0.39 is 0 Å². The number of benzene rings is 2. The maximum absolute atomic E-state index is 4.89. The fraction of sp³-hybridized carbons (Fsp3) is 0.222. The van der Waals surface area contributed by atoms with E-state index in [1.54, 1.807) is 0 Å². The third kappa shape index (κ3) is 2.23. The summed E-state index contributed by atoms with van der Waals surface area (Å²) in [6.07, 6.45) is 0.179. The standard InChI is InChI=1S/C18H17BrN4/c1-11(22(2)3)23-16-7-5-4-6-15(16)20-17-13-10-12(19)8-9-14(13)21-18(17)23/h4-11H,1-3H3. The summed E-state index contributed by atoms with van der Waals surface area (Å²) in [5.41, 5.74) is 4.02. The van der Waals surface area contributed by atoms with Crippen LogP contribution in [0.4, 0.5) is 0 Å². The van der Waals surface area contributed by atoms with Crippen molar-refractivity contribution in [1.29, 1.82) is 0 Å². The molecule has 0 fully saturated rings. The Kier molecular flexibility index (Phi) is 3.36. The van der Waals surface area contributed by atoms with E-state index in [9.17, 15) is 0 Å². The van der Waals surface area contributed by atoms with Gasteiger partial charge in [0, 0.05) is 9.86 Å². The Balaban J connectivity index is 2.18. The Labute approximate surface area is 143 Å². The van der Waals surface area contributed by atoms with Crippen LogP contribution in [0, 0.1) is 0 Å². The Bertz CT molecular complexity index is 989. The lowest BCUT2D eigenvalue weighted by molar-refractivity contribution is 0.244. The molecule has 0 amide bonds. The minimum absolute atomic E-state index is 0.179. The Hall–Kier alpha value is -1.98. The molecule has 4 nitrogen and oxygen atoms in total. The highest BCUT2D eigenvalue weighted by molar-refractivity contribution is 9.10. The molecule has 116 valence electrons. The van der Waals surface area contributed by atoms with Gasteiger partial charge in [-0.05, 0) is 51.4 Å². The zero-order valence-corrected chi connectivity index (χ0v) is 14.9. The van der Waals surface area contributed by atoms with Crippen LogP contribution in [0.25, 0.3) is 33.5 Å². The highest BCUT2D eigenvalue weighted by atomic mass is 79.9. The van der Waals surface area contributed by atoms with Crippen LogP contribution in [-0.2, 0) is 0 Å². The molecule has 0 saturated heterocycles. The largest absolute Gasteiger partial charge is 0.306 e. The average Bonchev–Trinajstić information content (AvgIpc) is 2.89. The summed E-state index contributed by atoms with van der Waals surface area (Å²) >= 11 is 3.55. The number of nitrogens with zero attached hydrogens (tertiary/aromatic N) is 4. The molecule has 0 N–H and O–H groups in total. The van der Waals surface area contributed by atoms with Gasteiger partial charge in [0.25, 0.3) is 0 Å². The lowest BCUT2D eigenvalue weighted by Gasteiger charge is -2.26. The molecule has 2 aromatic rings. The second-order valence-electron chi connectivity index (χ2n) is 6.01. The van der Waals surface area contributed by atoms with Gasteiger partial charge in [0.15, 0.2) is 5.82 Å². The van der Waals surface area contributed by atoms with Crippen molar-refractivity contribution in [1.82, 2.24) is 19.4 Å². The summed E-state index contributed by atoms with van der Waals surface area (Å²) in [7, 11) is 4.16. The number of hydrogen-bond acceptors (Lipinski definition) is 3. The second kappa shape index (κ2) is 5.28. The Morgan fingerprint density at radius 2 is 1.83 bits per heavy atom. The van der Waals surface area contributed by atoms with Crippen molar-refractivity contribution in [2.45, 2.75) is 13.1 Å². The predicted molar refractivity (Wildman–Crippen MR) is 97.8 cm³/mol. The topological polar surface area (TPSA) is 34.0 Å². The van der Waals surface area contributed by atoms with E-state index in [4.69, 9.17) is 9.97 Å². The van der Waals surface area contributed by atoms with Crippen molar-refractivity contribution >= 4 is 37.9 Å². The minimum Gasteiger partial charge on any atom is -0.306 e. The number of para-hydroxylation sites is 2. The predicted octanol–water partition coefficient (Wildman–Crippen LogP) is 4.53. The molecule has 0 saturated carbocycles. The number of halogens is 1. The Morgan fingerprint density at radius 3 is 2.61 bits per heavy atom. The van der Waals surface area contributed by atoms with Gasteiger partial charge in [-0.3, -0.25) is 4.90 Å². The van der Waals surface area contributed by atoms with Crippen molar-refractivity contribution in [3.8, 4) is 11.5 Å². The van der Waals surface area contributed by atoms with E-state index in [2.05, 4.69) is 64.6 Å². The van der Waals surface area contributed by atoms with Crippen molar-refractivity contribution in [2.24, 2.45) is 0 Å². The molecule has 23 heavy (non-hydrogen) atoms. The van der Waals surface area contributed by atoms with Gasteiger partial charge in [-0.25, -0.2) is 9.97 Å². The van der Waals surface area contributed by atoms with Crippen LogP contribution in [0.2, 0.25) is 0 Å². The maximum atomic E-state index is 4.89. The third-order valence-electron chi connectivity index (χ3n) is 4.37. The van der Waals surface area contributed by atoms with Gasteiger partial charge < -0.3 is 4.57 Å². The smallest absolute Gasteiger partial charge is 0.161 e. The molecule has 0 radical (unpaired) electrons. The highest BCUT2D eigenvalue weighted by Crippen LogP contribution is 2.35. The monoisotopic (exact) mass is 368 g/mol. The van der Waals surface area contributed by atoms with E-state index in [-0.39, 0.29) is 6.17 Å². The average molecular weight is 369 g/mol. The van der Waals surface area contributed by atoms with Crippen molar-refractivity contribution in [2.75, 3.05) is 14.1 Å². The first-order valence-corrected chi connectivity index (χ1v) is 8.38. The fourth-order valence-electron chi connectivity index (χ4n) is 2.97. The molecule has 0 aliphatic carbocycles. The molecule has 2 aliphatic heterocycles. The molecule has 0 aromatic heterocycles. The molecular weight excluding hydrogens is 352 g/mol. The molecule has 5 heteroatoms. The third-order valence-corrected chi connectivity index (χ3v) is 4.87. The molecular formula is C18H17BrN4. The van der Waals surface area contributed by atoms with Gasteiger partial charge >= 0.3 is 0 Å². The molecule has 1 atom stereocenters. The quantitative estimate of drug-likeness (QED) is 0.521. The lowest BCUT2D eigenvalue weighted by atomic mass is 10.2. The first-order chi connectivity index (χ1) is 11.1. The normalized spacial score (nSPS) is 13.4. The molecule has 2 aromatic carbocycles. The zero-order valence-electron chi connectivity index (χ0n) is 13.3. The van der Waals surface area contributed by atoms with Gasteiger partial charge in [0.05, 0.1) is 22.7 Å². The second-order valence-corrected chi connectivity index (χ2v) is 6.93. The van der Waals surface area contributed by atoms with E-state index in [0.29, 0.717) is 0 Å². The van der Waals surface area contributed by atoms with Gasteiger partial charge in [-0.1, -0.05) is 28.1 Å². The van der Waals surface area contributed by atoms with Crippen LogP contribution in [0.5, 0.6) is 0 Å². The first-order valence-electron chi connectivity index (χ1n) is 7.58. The number of aromatic nitrogens is 3. The van der Waals surface area contributed by atoms with E-state index in [1.807, 2.05) is 24.3 Å². The molecule has 2 aliphatic rings. The summed E-state index contributed by atoms with van der Waals surface area (Å²) in [5.74, 6) is 0.929. The van der Waals surface area contributed by atoms with Crippen molar-refractivity contribution < 1.29 is 0 Å². The maximum Gasteiger partial charge on any atom is 0.161 e. The van der Waals surface area contributed by atoms with Crippen LogP contribution in [0.15, 0.2) is 46.9 Å². The SMILES string of the molecule is CC(N(C)C)n1c2nc3ccc(Br)cc3c-2nc2ccccc21. The lowest BCUT2D eigenvalue weighted by Crippen LogP contribution is -2.25.